The van der Waals surface area contributed by atoms with E-state index >= 15 is 0 Å². The zero-order chi connectivity index (χ0) is 15.0. The molecule has 2 bridgehead atoms. The highest BCUT2D eigenvalue weighted by atomic mass is 16.2. The van der Waals surface area contributed by atoms with Gasteiger partial charge in [-0.25, -0.2) is 0 Å². The van der Waals surface area contributed by atoms with Crippen LogP contribution in [0, 0.1) is 0 Å². The number of carbonyl (C=O) groups excluding carboxylic acids is 3. The first-order valence-electron chi connectivity index (χ1n) is 6.96. The lowest BCUT2D eigenvalue weighted by atomic mass is 10.1. The van der Waals surface area contributed by atoms with Crippen LogP contribution in [0.3, 0.4) is 0 Å². The number of amides is 3. The number of nitrogens with zero attached hydrogens (tertiary/aromatic N) is 2. The maximum absolute atomic E-state index is 12.3. The third-order valence-corrected chi connectivity index (χ3v) is 4.09. The van der Waals surface area contributed by atoms with E-state index < -0.39 is 12.1 Å². The molecule has 2 aliphatic heterocycles. The van der Waals surface area contributed by atoms with Gasteiger partial charge in [-0.15, -0.1) is 0 Å². The summed E-state index contributed by atoms with van der Waals surface area (Å²) in [5.74, 6) is -0.841. The van der Waals surface area contributed by atoms with Crippen molar-refractivity contribution in [2.75, 3.05) is 7.05 Å². The second-order valence-corrected chi connectivity index (χ2v) is 5.33. The predicted molar refractivity (Wildman–Crippen MR) is 76.9 cm³/mol. The normalized spacial score (nSPS) is 25.0. The maximum atomic E-state index is 12.3. The zero-order valence-electron chi connectivity index (χ0n) is 11.7. The van der Waals surface area contributed by atoms with E-state index in [1.165, 1.54) is 18.0 Å². The monoisotopic (exact) mass is 284 g/mol. The first-order valence-corrected chi connectivity index (χ1v) is 6.96. The number of hydrogen-bond acceptors (Lipinski definition) is 3. The Bertz CT molecular complexity index is 600. The Balaban J connectivity index is 1.81. The number of carbonyl (C=O) groups is 3. The molecule has 0 aliphatic carbocycles. The van der Waals surface area contributed by atoms with Gasteiger partial charge in [0.05, 0.1) is 0 Å². The highest BCUT2D eigenvalue weighted by molar-refractivity contribution is 6.08. The van der Waals surface area contributed by atoms with Gasteiger partial charge in [-0.3, -0.25) is 19.3 Å². The van der Waals surface area contributed by atoms with Crippen LogP contribution in [-0.4, -0.2) is 46.7 Å². The fourth-order valence-corrected chi connectivity index (χ4v) is 2.98. The van der Waals surface area contributed by atoms with Crippen molar-refractivity contribution >= 4 is 23.8 Å². The van der Waals surface area contributed by atoms with Gasteiger partial charge in [-0.1, -0.05) is 30.3 Å². The molecule has 3 rings (SSSR count). The fraction of sp³-hybridized carbons (Fsp3) is 0.312. The second kappa shape index (κ2) is 5.16. The van der Waals surface area contributed by atoms with Gasteiger partial charge < -0.3 is 4.90 Å². The van der Waals surface area contributed by atoms with Crippen molar-refractivity contribution in [1.82, 2.24) is 9.80 Å². The van der Waals surface area contributed by atoms with Crippen LogP contribution in [0.2, 0.25) is 0 Å². The van der Waals surface area contributed by atoms with Crippen LogP contribution in [0.4, 0.5) is 0 Å². The van der Waals surface area contributed by atoms with Crippen molar-refractivity contribution < 1.29 is 14.4 Å². The first-order chi connectivity index (χ1) is 10.1. The molecule has 5 nitrogen and oxygen atoms in total. The van der Waals surface area contributed by atoms with Gasteiger partial charge in [0.15, 0.2) is 0 Å². The second-order valence-electron chi connectivity index (χ2n) is 5.33. The molecule has 0 saturated carbocycles. The fourth-order valence-electron chi connectivity index (χ4n) is 2.98. The van der Waals surface area contributed by atoms with Gasteiger partial charge in [-0.05, 0) is 24.5 Å². The average molecular weight is 284 g/mol. The molecule has 2 atom stereocenters. The van der Waals surface area contributed by atoms with E-state index in [0.29, 0.717) is 12.8 Å². The van der Waals surface area contributed by atoms with Crippen LogP contribution in [0.25, 0.3) is 6.08 Å². The predicted octanol–water partition coefficient (Wildman–Crippen LogP) is 1.06. The minimum Gasteiger partial charge on any atom is -0.315 e. The minimum atomic E-state index is -0.495. The Labute approximate surface area is 122 Å². The van der Waals surface area contributed by atoms with Crippen molar-refractivity contribution in [1.29, 1.82) is 0 Å². The number of hydrogen-bond donors (Lipinski definition) is 0. The molecule has 0 N–H and O–H groups in total. The third-order valence-electron chi connectivity index (χ3n) is 4.09. The number of imide groups is 1. The smallest absolute Gasteiger partial charge is 0.251 e. The van der Waals surface area contributed by atoms with Gasteiger partial charge in [0, 0.05) is 13.1 Å². The van der Waals surface area contributed by atoms with Gasteiger partial charge in [-0.2, -0.15) is 0 Å². The summed E-state index contributed by atoms with van der Waals surface area (Å²) in [6.45, 7) is 0. The number of rotatable bonds is 2. The molecule has 2 heterocycles. The van der Waals surface area contributed by atoms with Crippen LogP contribution in [0.1, 0.15) is 18.4 Å². The molecule has 21 heavy (non-hydrogen) atoms. The Morgan fingerprint density at radius 1 is 1.10 bits per heavy atom. The van der Waals surface area contributed by atoms with E-state index in [4.69, 9.17) is 0 Å². The van der Waals surface area contributed by atoms with Gasteiger partial charge in [0.25, 0.3) is 11.8 Å². The molecule has 2 fully saturated rings. The first kappa shape index (κ1) is 13.5. The molecular weight excluding hydrogens is 268 g/mol. The molecule has 1 aromatic carbocycles. The molecule has 0 radical (unpaired) electrons. The molecule has 5 heteroatoms. The summed E-state index contributed by atoms with van der Waals surface area (Å²) < 4.78 is 0. The zero-order valence-corrected chi connectivity index (χ0v) is 11.7. The summed E-state index contributed by atoms with van der Waals surface area (Å²) in [6, 6.07) is 8.46. The number of benzene rings is 1. The molecule has 108 valence electrons. The van der Waals surface area contributed by atoms with E-state index in [1.807, 2.05) is 30.3 Å². The van der Waals surface area contributed by atoms with Gasteiger partial charge in [0.1, 0.15) is 12.1 Å². The Morgan fingerprint density at radius 2 is 1.67 bits per heavy atom. The van der Waals surface area contributed by atoms with Crippen LogP contribution >= 0.6 is 0 Å². The van der Waals surface area contributed by atoms with Gasteiger partial charge in [0.2, 0.25) is 5.91 Å². The summed E-state index contributed by atoms with van der Waals surface area (Å²) in [5, 5.41) is 0. The van der Waals surface area contributed by atoms with Gasteiger partial charge >= 0.3 is 0 Å². The van der Waals surface area contributed by atoms with Crippen LogP contribution < -0.4 is 0 Å². The SMILES string of the molecule is CN1C(=O)C2CCC(C1=O)N2C(=O)C=Cc1ccccc1. The quantitative estimate of drug-likeness (QED) is 0.602. The summed E-state index contributed by atoms with van der Waals surface area (Å²) in [7, 11) is 1.48. The number of fused-ring (bicyclic) bond motifs is 2. The summed E-state index contributed by atoms with van der Waals surface area (Å²) in [6.07, 6.45) is 4.26. The molecule has 3 amide bonds. The Hall–Kier alpha value is -2.43. The van der Waals surface area contributed by atoms with E-state index in [9.17, 15) is 14.4 Å². The third kappa shape index (κ3) is 2.24. The summed E-state index contributed by atoms with van der Waals surface area (Å²) in [5.41, 5.74) is 0.907. The molecule has 2 aliphatic rings. The van der Waals surface area contributed by atoms with Crippen molar-refractivity contribution in [2.24, 2.45) is 0 Å². The summed E-state index contributed by atoms with van der Waals surface area (Å²) >= 11 is 0. The highest BCUT2D eigenvalue weighted by Gasteiger charge is 2.51. The van der Waals surface area contributed by atoms with E-state index in [2.05, 4.69) is 0 Å². The van der Waals surface area contributed by atoms with E-state index in [0.717, 1.165) is 10.5 Å². The van der Waals surface area contributed by atoms with Crippen LogP contribution in [-0.2, 0) is 14.4 Å². The van der Waals surface area contributed by atoms with Crippen LogP contribution in [0.5, 0.6) is 0 Å². The molecule has 2 saturated heterocycles. The topological polar surface area (TPSA) is 57.7 Å². The number of piperazine rings is 1. The molecular formula is C16H16N2O3. The van der Waals surface area contributed by atoms with E-state index in [1.54, 1.807) is 6.08 Å². The molecule has 2 unspecified atom stereocenters. The number of likely N-dealkylation sites (tertiary alicyclic amines) is 1. The van der Waals surface area contributed by atoms with Crippen molar-refractivity contribution in [3.63, 3.8) is 0 Å². The minimum absolute atomic E-state index is 0.277. The summed E-state index contributed by atoms with van der Waals surface area (Å²) in [4.78, 5) is 39.1. The van der Waals surface area contributed by atoms with Crippen molar-refractivity contribution in [2.45, 2.75) is 24.9 Å². The lowest BCUT2D eigenvalue weighted by Crippen LogP contribution is -2.60. The highest BCUT2D eigenvalue weighted by Crippen LogP contribution is 2.31. The standard InChI is InChI=1S/C16H16N2O3/c1-17-15(20)12-8-9-13(16(17)21)18(12)14(19)10-7-11-5-3-2-4-6-11/h2-7,10,12-13H,8-9H2,1H3. The number of likely N-dealkylation sites (N-methyl/N-ethyl adjacent to an activating group) is 1. The lowest BCUT2D eigenvalue weighted by molar-refractivity contribution is -0.159. The molecule has 0 aromatic heterocycles. The van der Waals surface area contributed by atoms with Crippen LogP contribution in [0.15, 0.2) is 36.4 Å². The Morgan fingerprint density at radius 3 is 2.24 bits per heavy atom. The van der Waals surface area contributed by atoms with Crippen molar-refractivity contribution in [3.8, 4) is 0 Å². The largest absolute Gasteiger partial charge is 0.315 e. The van der Waals surface area contributed by atoms with Crippen molar-refractivity contribution in [3.05, 3.63) is 42.0 Å². The van der Waals surface area contributed by atoms with E-state index in [-0.39, 0.29) is 17.7 Å². The Kier molecular flexibility index (Phi) is 3.33. The lowest BCUT2D eigenvalue weighted by Gasteiger charge is -2.36. The maximum Gasteiger partial charge on any atom is 0.251 e. The molecule has 0 spiro atoms. The molecule has 1 aromatic rings. The average Bonchev–Trinajstić information content (AvgIpc) is 2.91.